The molecule has 0 atom stereocenters. The maximum Gasteiger partial charge on any atom is 0.0307 e. The average Bonchev–Trinajstić information content (AvgIpc) is 2.38. The fourth-order valence-electron chi connectivity index (χ4n) is 2.46. The van der Waals surface area contributed by atoms with E-state index in [1.807, 2.05) is 0 Å². The molecule has 0 aliphatic rings. The van der Waals surface area contributed by atoms with Crippen molar-refractivity contribution >= 4 is 0 Å². The molecule has 0 unspecified atom stereocenters. The third-order valence-electron chi connectivity index (χ3n) is 3.40. The van der Waals surface area contributed by atoms with Crippen LogP contribution in [0.2, 0.25) is 0 Å². The quantitative estimate of drug-likeness (QED) is 0.648. The van der Waals surface area contributed by atoms with Gasteiger partial charge in [0, 0.05) is 11.1 Å². The van der Waals surface area contributed by atoms with Crippen molar-refractivity contribution in [3.8, 4) is 11.8 Å². The number of hydrogen-bond donors (Lipinski definition) is 0. The van der Waals surface area contributed by atoms with E-state index in [0.29, 0.717) is 0 Å². The summed E-state index contributed by atoms with van der Waals surface area (Å²) < 4.78 is 0. The second-order valence-electron chi connectivity index (χ2n) is 5.03. The predicted molar refractivity (Wildman–Crippen MR) is 82.5 cm³/mol. The van der Waals surface area contributed by atoms with Gasteiger partial charge in [-0.15, -0.1) is 0 Å². The summed E-state index contributed by atoms with van der Waals surface area (Å²) in [6.07, 6.45) is 1.02. The minimum Gasteiger partial charge on any atom is -0.0619 e. The van der Waals surface area contributed by atoms with Crippen LogP contribution in [0.5, 0.6) is 0 Å². The van der Waals surface area contributed by atoms with Crippen LogP contribution in [0, 0.1) is 32.6 Å². The number of benzene rings is 2. The first-order valence-corrected chi connectivity index (χ1v) is 6.79. The molecule has 0 amide bonds. The van der Waals surface area contributed by atoms with E-state index in [-0.39, 0.29) is 0 Å². The highest BCUT2D eigenvalue weighted by Gasteiger charge is 2.01. The molecule has 0 heterocycles. The highest BCUT2D eigenvalue weighted by molar-refractivity contribution is 5.52. The van der Waals surface area contributed by atoms with Crippen LogP contribution < -0.4 is 0 Å². The molecule has 0 aliphatic carbocycles. The van der Waals surface area contributed by atoms with Gasteiger partial charge in [-0.25, -0.2) is 0 Å². The van der Waals surface area contributed by atoms with Gasteiger partial charge in [-0.3, -0.25) is 0 Å². The molecule has 0 aliphatic heterocycles. The Balaban J connectivity index is 2.45. The largest absolute Gasteiger partial charge is 0.0619 e. The summed E-state index contributed by atoms with van der Waals surface area (Å²) in [4.78, 5) is 0. The van der Waals surface area contributed by atoms with Crippen molar-refractivity contribution in [2.75, 3.05) is 0 Å². The molecule has 0 nitrogen and oxygen atoms in total. The highest BCUT2D eigenvalue weighted by Crippen LogP contribution is 2.15. The highest BCUT2D eigenvalue weighted by atomic mass is 14.0. The summed E-state index contributed by atoms with van der Waals surface area (Å²) in [6.45, 7) is 8.57. The molecule has 0 aromatic heterocycles. The van der Waals surface area contributed by atoms with E-state index >= 15 is 0 Å². The van der Waals surface area contributed by atoms with Crippen LogP contribution in [0.1, 0.15) is 40.3 Å². The minimum atomic E-state index is 1.02. The molecule has 2 aromatic carbocycles. The first-order valence-electron chi connectivity index (χ1n) is 6.79. The lowest BCUT2D eigenvalue weighted by Gasteiger charge is -2.05. The molecule has 0 fully saturated rings. The molecule has 0 spiro atoms. The molecule has 0 saturated heterocycles. The van der Waals surface area contributed by atoms with Gasteiger partial charge in [0.15, 0.2) is 0 Å². The Labute approximate surface area is 116 Å². The van der Waals surface area contributed by atoms with Crippen molar-refractivity contribution in [1.29, 1.82) is 0 Å². The maximum atomic E-state index is 3.35. The number of hydrogen-bond acceptors (Lipinski definition) is 0. The molecule has 0 saturated carbocycles. The molecule has 0 heteroatoms. The van der Waals surface area contributed by atoms with Crippen molar-refractivity contribution < 1.29 is 0 Å². The molecule has 2 aromatic rings. The van der Waals surface area contributed by atoms with Crippen molar-refractivity contribution in [2.45, 2.75) is 34.1 Å². The Bertz CT molecular complexity index is 628. The third kappa shape index (κ3) is 3.06. The lowest BCUT2D eigenvalue weighted by molar-refractivity contribution is 1.13. The zero-order chi connectivity index (χ0) is 13.8. The Morgan fingerprint density at radius 3 is 2.16 bits per heavy atom. The topological polar surface area (TPSA) is 0 Å². The smallest absolute Gasteiger partial charge is 0.0307 e. The molecule has 19 heavy (non-hydrogen) atoms. The maximum absolute atomic E-state index is 3.35. The minimum absolute atomic E-state index is 1.02. The van der Waals surface area contributed by atoms with Gasteiger partial charge < -0.3 is 0 Å². The molecule has 0 radical (unpaired) electrons. The van der Waals surface area contributed by atoms with Gasteiger partial charge >= 0.3 is 0 Å². The van der Waals surface area contributed by atoms with E-state index in [9.17, 15) is 0 Å². The summed E-state index contributed by atoms with van der Waals surface area (Å²) in [6, 6.07) is 12.8. The van der Waals surface area contributed by atoms with Gasteiger partial charge in [0.25, 0.3) is 0 Å². The first-order chi connectivity index (χ1) is 9.11. The number of rotatable bonds is 1. The molecule has 2 rings (SSSR count). The lowest BCUT2D eigenvalue weighted by atomic mass is 9.99. The summed E-state index contributed by atoms with van der Waals surface area (Å²) in [5, 5.41) is 0. The summed E-state index contributed by atoms with van der Waals surface area (Å²) in [5.41, 5.74) is 7.45. The second-order valence-corrected chi connectivity index (χ2v) is 5.03. The normalized spacial score (nSPS) is 9.89. The van der Waals surface area contributed by atoms with E-state index in [2.05, 4.69) is 75.9 Å². The second kappa shape index (κ2) is 5.76. The summed E-state index contributed by atoms with van der Waals surface area (Å²) >= 11 is 0. The van der Waals surface area contributed by atoms with E-state index in [1.54, 1.807) is 0 Å². The summed E-state index contributed by atoms with van der Waals surface area (Å²) in [5.74, 6) is 6.68. The molecular weight excluding hydrogens is 228 g/mol. The molecule has 96 valence electrons. The van der Waals surface area contributed by atoms with Gasteiger partial charge in [-0.2, -0.15) is 0 Å². The zero-order valence-corrected chi connectivity index (χ0v) is 12.2. The fraction of sp³-hybridized carbons (Fsp3) is 0.263. The standard InChI is InChI=1S/C19H20/c1-5-17-8-6-7-9-18(17)10-11-19-15(3)12-14(2)13-16(19)4/h6-9,12-13H,5H2,1-4H3. The third-order valence-corrected chi connectivity index (χ3v) is 3.40. The van der Waals surface area contributed by atoms with Crippen molar-refractivity contribution in [2.24, 2.45) is 0 Å². The summed E-state index contributed by atoms with van der Waals surface area (Å²) in [7, 11) is 0. The SMILES string of the molecule is CCc1ccccc1C#Cc1c(C)cc(C)cc1C. The predicted octanol–water partition coefficient (Wildman–Crippen LogP) is 4.57. The first kappa shape index (κ1) is 13.4. The van der Waals surface area contributed by atoms with Crippen LogP contribution in [0.3, 0.4) is 0 Å². The van der Waals surface area contributed by atoms with Gasteiger partial charge in [-0.1, -0.05) is 54.7 Å². The Hall–Kier alpha value is -2.00. The van der Waals surface area contributed by atoms with Crippen LogP contribution in [-0.4, -0.2) is 0 Å². The van der Waals surface area contributed by atoms with E-state index in [1.165, 1.54) is 22.3 Å². The monoisotopic (exact) mass is 248 g/mol. The van der Waals surface area contributed by atoms with Gasteiger partial charge in [0.2, 0.25) is 0 Å². The van der Waals surface area contributed by atoms with E-state index < -0.39 is 0 Å². The Morgan fingerprint density at radius 2 is 1.53 bits per heavy atom. The Morgan fingerprint density at radius 1 is 0.895 bits per heavy atom. The van der Waals surface area contributed by atoms with Crippen molar-refractivity contribution in [3.05, 3.63) is 69.8 Å². The van der Waals surface area contributed by atoms with Crippen LogP contribution in [0.4, 0.5) is 0 Å². The molecule has 0 bridgehead atoms. The van der Waals surface area contributed by atoms with Crippen LogP contribution in [0.25, 0.3) is 0 Å². The fourth-order valence-corrected chi connectivity index (χ4v) is 2.46. The van der Waals surface area contributed by atoms with Gasteiger partial charge in [0.1, 0.15) is 0 Å². The zero-order valence-electron chi connectivity index (χ0n) is 12.2. The van der Waals surface area contributed by atoms with Crippen molar-refractivity contribution in [1.82, 2.24) is 0 Å². The lowest BCUT2D eigenvalue weighted by Crippen LogP contribution is -1.91. The van der Waals surface area contributed by atoms with Crippen LogP contribution in [0.15, 0.2) is 36.4 Å². The average molecular weight is 248 g/mol. The van der Waals surface area contributed by atoms with E-state index in [4.69, 9.17) is 0 Å². The molecule has 0 N–H and O–H groups in total. The molecular formula is C19H20. The van der Waals surface area contributed by atoms with Crippen molar-refractivity contribution in [3.63, 3.8) is 0 Å². The van der Waals surface area contributed by atoms with Gasteiger partial charge in [0.05, 0.1) is 0 Å². The Kier molecular flexibility index (Phi) is 4.07. The van der Waals surface area contributed by atoms with Crippen LogP contribution in [-0.2, 0) is 6.42 Å². The van der Waals surface area contributed by atoms with Crippen LogP contribution >= 0.6 is 0 Å². The van der Waals surface area contributed by atoms with Gasteiger partial charge in [-0.05, 0) is 49.9 Å². The number of aryl methyl sites for hydroxylation is 4. The van der Waals surface area contributed by atoms with E-state index in [0.717, 1.165) is 17.5 Å².